The lowest BCUT2D eigenvalue weighted by molar-refractivity contribution is 0.0593. The molecule has 0 unspecified atom stereocenters. The summed E-state index contributed by atoms with van der Waals surface area (Å²) in [6.07, 6.45) is 0.849. The van der Waals surface area contributed by atoms with E-state index in [4.69, 9.17) is 5.11 Å². The lowest BCUT2D eigenvalue weighted by atomic mass is 10.3. The third kappa shape index (κ3) is 1.50. The van der Waals surface area contributed by atoms with Crippen LogP contribution in [-0.4, -0.2) is 23.2 Å². The smallest absolute Gasteiger partial charge is 0.356 e. The molecule has 64 valence electrons. The second kappa shape index (κ2) is 3.17. The van der Waals surface area contributed by atoms with Gasteiger partial charge in [-0.25, -0.2) is 14.2 Å². The highest BCUT2D eigenvalue weighted by Crippen LogP contribution is 2.13. The number of hydrogen-bond acceptors (Lipinski definition) is 4. The fourth-order valence-electron chi connectivity index (χ4n) is 0.640. The highest BCUT2D eigenvalue weighted by molar-refractivity contribution is 5.87. The molecule has 0 aliphatic carbocycles. The topological polar surface area (TPSA) is 59.4 Å². The van der Waals surface area contributed by atoms with Crippen LogP contribution in [-0.2, 0) is 4.74 Å². The van der Waals surface area contributed by atoms with Crippen molar-refractivity contribution in [3.8, 4) is 5.75 Å². The van der Waals surface area contributed by atoms with E-state index >= 15 is 0 Å². The van der Waals surface area contributed by atoms with E-state index in [-0.39, 0.29) is 5.69 Å². The van der Waals surface area contributed by atoms with Crippen LogP contribution in [0.25, 0.3) is 0 Å². The highest BCUT2D eigenvalue weighted by Gasteiger charge is 2.10. The van der Waals surface area contributed by atoms with E-state index in [1.54, 1.807) is 0 Å². The van der Waals surface area contributed by atoms with Crippen LogP contribution in [0.15, 0.2) is 12.3 Å². The molecule has 0 aromatic carbocycles. The number of carbonyl (C=O) groups is 1. The first-order valence-corrected chi connectivity index (χ1v) is 3.08. The summed E-state index contributed by atoms with van der Waals surface area (Å²) in [5.41, 5.74) is -0.173. The maximum absolute atomic E-state index is 12.6. The van der Waals surface area contributed by atoms with Crippen LogP contribution in [0.5, 0.6) is 5.75 Å². The molecule has 0 saturated carbocycles. The van der Waals surface area contributed by atoms with Gasteiger partial charge in [-0.3, -0.25) is 0 Å². The van der Waals surface area contributed by atoms with Crippen molar-refractivity contribution in [2.75, 3.05) is 7.11 Å². The van der Waals surface area contributed by atoms with Gasteiger partial charge in [0.25, 0.3) is 0 Å². The summed E-state index contributed by atoms with van der Waals surface area (Å²) in [5.74, 6) is -2.23. The normalized spacial score (nSPS) is 9.50. The Labute approximate surface area is 67.6 Å². The Morgan fingerprint density at radius 3 is 2.92 bits per heavy atom. The molecule has 12 heavy (non-hydrogen) atoms. The van der Waals surface area contributed by atoms with Crippen LogP contribution in [0.2, 0.25) is 0 Å². The van der Waals surface area contributed by atoms with E-state index < -0.39 is 17.5 Å². The summed E-state index contributed by atoms with van der Waals surface area (Å²) in [7, 11) is 1.16. The Kier molecular flexibility index (Phi) is 2.23. The van der Waals surface area contributed by atoms with Crippen molar-refractivity contribution in [2.24, 2.45) is 0 Å². The van der Waals surface area contributed by atoms with Crippen LogP contribution in [0.1, 0.15) is 10.5 Å². The number of hydrogen-bond donors (Lipinski definition) is 1. The Morgan fingerprint density at radius 1 is 1.75 bits per heavy atom. The fourth-order valence-corrected chi connectivity index (χ4v) is 0.640. The van der Waals surface area contributed by atoms with Crippen molar-refractivity contribution in [3.05, 3.63) is 23.8 Å². The maximum Gasteiger partial charge on any atom is 0.356 e. The molecule has 1 N–H and O–H groups in total. The Hall–Kier alpha value is -1.65. The van der Waals surface area contributed by atoms with Gasteiger partial charge in [0.05, 0.1) is 13.3 Å². The van der Waals surface area contributed by atoms with E-state index in [1.165, 1.54) is 0 Å². The number of halogens is 1. The predicted octanol–water partition coefficient (Wildman–Crippen LogP) is 0.713. The number of pyridine rings is 1. The van der Waals surface area contributed by atoms with E-state index in [0.717, 1.165) is 19.4 Å². The lowest BCUT2D eigenvalue weighted by Gasteiger charge is -1.98. The van der Waals surface area contributed by atoms with E-state index in [2.05, 4.69) is 9.72 Å². The number of ether oxygens (including phenoxy) is 1. The van der Waals surface area contributed by atoms with Crippen LogP contribution in [0, 0.1) is 5.82 Å². The zero-order chi connectivity index (χ0) is 9.14. The van der Waals surface area contributed by atoms with Crippen LogP contribution >= 0.6 is 0 Å². The number of aromatic hydroxyl groups is 1. The molecule has 4 nitrogen and oxygen atoms in total. The molecule has 0 amide bonds. The molecule has 1 rings (SSSR count). The van der Waals surface area contributed by atoms with Crippen molar-refractivity contribution in [3.63, 3.8) is 0 Å². The molecule has 0 bridgehead atoms. The van der Waals surface area contributed by atoms with Crippen molar-refractivity contribution in [1.29, 1.82) is 0 Å². The molecule has 0 aliphatic rings. The summed E-state index contributed by atoms with van der Waals surface area (Å²) in [5, 5.41) is 8.71. The molecule has 0 atom stereocenters. The molecule has 0 aliphatic heterocycles. The SMILES string of the molecule is COC(=O)c1cc(F)c(O)cn1. The lowest BCUT2D eigenvalue weighted by Crippen LogP contribution is -2.04. The van der Waals surface area contributed by atoms with Gasteiger partial charge >= 0.3 is 5.97 Å². The van der Waals surface area contributed by atoms with Crippen LogP contribution in [0.3, 0.4) is 0 Å². The molecule has 0 spiro atoms. The average Bonchev–Trinajstić information content (AvgIpc) is 2.08. The molecule has 0 saturated heterocycles. The third-order valence-electron chi connectivity index (χ3n) is 1.23. The number of rotatable bonds is 1. The second-order valence-corrected chi connectivity index (χ2v) is 2.01. The van der Waals surface area contributed by atoms with Gasteiger partial charge in [-0.1, -0.05) is 0 Å². The van der Waals surface area contributed by atoms with Gasteiger partial charge in [0.2, 0.25) is 0 Å². The molecule has 1 aromatic rings. The third-order valence-corrected chi connectivity index (χ3v) is 1.23. The summed E-state index contributed by atoms with van der Waals surface area (Å²) in [6.45, 7) is 0. The summed E-state index contributed by atoms with van der Waals surface area (Å²) >= 11 is 0. The van der Waals surface area contributed by atoms with Gasteiger partial charge in [0.1, 0.15) is 0 Å². The molecular formula is C7H6FNO3. The Bertz CT molecular complexity index is 314. The minimum Gasteiger partial charge on any atom is -0.504 e. The predicted molar refractivity (Wildman–Crippen MR) is 37.2 cm³/mol. The van der Waals surface area contributed by atoms with Crippen molar-refractivity contribution in [2.45, 2.75) is 0 Å². The molecular weight excluding hydrogens is 165 g/mol. The number of nitrogens with zero attached hydrogens (tertiary/aromatic N) is 1. The standard InChI is InChI=1S/C7H6FNO3/c1-12-7(11)5-2-4(8)6(10)3-9-5/h2-3,10H,1H3. The second-order valence-electron chi connectivity index (χ2n) is 2.01. The largest absolute Gasteiger partial charge is 0.504 e. The number of methoxy groups -OCH3 is 1. The maximum atomic E-state index is 12.6. The quantitative estimate of drug-likeness (QED) is 0.632. The minimum absolute atomic E-state index is 0.173. The molecule has 1 aromatic heterocycles. The van der Waals surface area contributed by atoms with Gasteiger partial charge in [-0.05, 0) is 0 Å². The summed E-state index contributed by atoms with van der Waals surface area (Å²) in [6, 6.07) is 0.807. The van der Waals surface area contributed by atoms with Crippen molar-refractivity contribution < 1.29 is 19.0 Å². The Balaban J connectivity index is 3.05. The van der Waals surface area contributed by atoms with Gasteiger partial charge in [0, 0.05) is 6.07 Å². The highest BCUT2D eigenvalue weighted by atomic mass is 19.1. The van der Waals surface area contributed by atoms with E-state index in [0.29, 0.717) is 0 Å². The van der Waals surface area contributed by atoms with Gasteiger partial charge in [0.15, 0.2) is 17.3 Å². The zero-order valence-corrected chi connectivity index (χ0v) is 6.24. The first-order valence-electron chi connectivity index (χ1n) is 3.08. The number of carbonyl (C=O) groups excluding carboxylic acids is 1. The minimum atomic E-state index is -0.898. The monoisotopic (exact) mass is 171 g/mol. The summed E-state index contributed by atoms with van der Waals surface area (Å²) < 4.78 is 16.9. The van der Waals surface area contributed by atoms with Gasteiger partial charge in [-0.2, -0.15) is 0 Å². The fraction of sp³-hybridized carbons (Fsp3) is 0.143. The zero-order valence-electron chi connectivity index (χ0n) is 6.24. The number of aromatic nitrogens is 1. The van der Waals surface area contributed by atoms with Crippen LogP contribution < -0.4 is 0 Å². The molecule has 0 fully saturated rings. The molecule has 5 heteroatoms. The van der Waals surface area contributed by atoms with Gasteiger partial charge < -0.3 is 9.84 Å². The Morgan fingerprint density at radius 2 is 2.42 bits per heavy atom. The van der Waals surface area contributed by atoms with E-state index in [1.807, 2.05) is 0 Å². The van der Waals surface area contributed by atoms with Crippen molar-refractivity contribution in [1.82, 2.24) is 4.98 Å². The van der Waals surface area contributed by atoms with Crippen LogP contribution in [0.4, 0.5) is 4.39 Å². The average molecular weight is 171 g/mol. The first-order chi connectivity index (χ1) is 5.65. The first kappa shape index (κ1) is 8.45. The van der Waals surface area contributed by atoms with E-state index in [9.17, 15) is 9.18 Å². The molecule has 0 radical (unpaired) electrons. The van der Waals surface area contributed by atoms with Gasteiger partial charge in [-0.15, -0.1) is 0 Å². The summed E-state index contributed by atoms with van der Waals surface area (Å²) in [4.78, 5) is 14.2. The van der Waals surface area contributed by atoms with Crippen molar-refractivity contribution >= 4 is 5.97 Å². The number of esters is 1. The molecule has 1 heterocycles.